The van der Waals surface area contributed by atoms with Crippen LogP contribution < -0.4 is 0 Å². The zero-order valence-electron chi connectivity index (χ0n) is 5.17. The van der Waals surface area contributed by atoms with Crippen molar-refractivity contribution in [2.75, 3.05) is 0 Å². The van der Waals surface area contributed by atoms with E-state index in [0.717, 1.165) is 25.7 Å². The molecule has 0 aromatic rings. The van der Waals surface area contributed by atoms with Crippen molar-refractivity contribution in [3.63, 3.8) is 0 Å². The monoisotopic (exact) mass is 146 g/mol. The molecule has 1 fully saturated rings. The Bertz CT molecular complexity index is 108. The van der Waals surface area contributed by atoms with Crippen molar-refractivity contribution in [2.24, 2.45) is 5.92 Å². The van der Waals surface area contributed by atoms with Gasteiger partial charge in [0.25, 0.3) is 0 Å². The Labute approximate surface area is 60.2 Å². The van der Waals surface area contributed by atoms with Crippen LogP contribution in [0.1, 0.15) is 25.7 Å². The quantitative estimate of drug-likeness (QED) is 0.449. The highest BCUT2D eigenvalue weighted by Gasteiger charge is 2.23. The van der Waals surface area contributed by atoms with Crippen molar-refractivity contribution in [1.82, 2.24) is 0 Å². The smallest absolute Gasteiger partial charge is 0.320 e. The first-order valence-corrected chi connectivity index (χ1v) is 3.56. The average Bonchev–Trinajstić information content (AvgIpc) is 2.37. The van der Waals surface area contributed by atoms with E-state index in [1.54, 1.807) is 0 Å². The van der Waals surface area contributed by atoms with Gasteiger partial charge in [0.2, 0.25) is 0 Å². The second kappa shape index (κ2) is 3.11. The van der Waals surface area contributed by atoms with Crippen LogP contribution in [0.3, 0.4) is 0 Å². The summed E-state index contributed by atoms with van der Waals surface area (Å²) >= 11 is 3.44. The van der Waals surface area contributed by atoms with Gasteiger partial charge in [0.1, 0.15) is 0 Å². The van der Waals surface area contributed by atoms with Crippen LogP contribution in [0.2, 0.25) is 0 Å². The predicted molar refractivity (Wildman–Crippen MR) is 37.0 cm³/mol. The molecule has 0 saturated heterocycles. The lowest BCUT2D eigenvalue weighted by molar-refractivity contribution is -0.137. The van der Waals surface area contributed by atoms with Crippen LogP contribution in [0.4, 0.5) is 0 Å². The van der Waals surface area contributed by atoms with Gasteiger partial charge in [-0.25, -0.2) is 0 Å². The van der Waals surface area contributed by atoms with Crippen molar-refractivity contribution in [3.05, 3.63) is 0 Å². The molecule has 3 heteroatoms. The number of hydrogen-bond donors (Lipinski definition) is 1. The minimum absolute atomic E-state index is 0.141. The van der Waals surface area contributed by atoms with Crippen molar-refractivity contribution in [2.45, 2.75) is 25.7 Å². The van der Waals surface area contributed by atoms with Gasteiger partial charge < -0.3 is 4.18 Å². The molecule has 1 saturated carbocycles. The molecule has 9 heavy (non-hydrogen) atoms. The molecule has 0 aromatic heterocycles. The van der Waals surface area contributed by atoms with Crippen molar-refractivity contribution < 1.29 is 8.98 Å². The first kappa shape index (κ1) is 6.93. The number of hydrogen-bond acceptors (Lipinski definition) is 3. The van der Waals surface area contributed by atoms with Crippen LogP contribution in [0.15, 0.2) is 0 Å². The summed E-state index contributed by atoms with van der Waals surface area (Å²) in [5, 5.41) is 0. The maximum atomic E-state index is 10.7. The third-order valence-electron chi connectivity index (χ3n) is 1.78. The van der Waals surface area contributed by atoms with E-state index < -0.39 is 0 Å². The van der Waals surface area contributed by atoms with Crippen molar-refractivity contribution in [1.29, 1.82) is 0 Å². The number of carbonyl (C=O) groups excluding carboxylic acids is 1. The van der Waals surface area contributed by atoms with Crippen LogP contribution in [-0.2, 0) is 8.98 Å². The van der Waals surface area contributed by atoms with E-state index in [1.165, 1.54) is 0 Å². The highest BCUT2D eigenvalue weighted by molar-refractivity contribution is 7.75. The minimum atomic E-state index is -0.157. The Morgan fingerprint density at radius 2 is 2.00 bits per heavy atom. The summed E-state index contributed by atoms with van der Waals surface area (Å²) in [7, 11) is 0. The third kappa shape index (κ3) is 1.61. The Hall–Kier alpha value is -0.180. The van der Waals surface area contributed by atoms with Gasteiger partial charge in [0, 0.05) is 12.9 Å². The summed E-state index contributed by atoms with van der Waals surface area (Å²) in [6.45, 7) is 0. The standard InChI is InChI=1S/C6H10O2S/c7-6(8-9)5-3-1-2-4-5/h5,9H,1-4H2. The van der Waals surface area contributed by atoms with Crippen molar-refractivity contribution >= 4 is 18.9 Å². The summed E-state index contributed by atoms with van der Waals surface area (Å²) in [5.74, 6) is -0.0154. The van der Waals surface area contributed by atoms with Gasteiger partial charge >= 0.3 is 5.97 Å². The number of carbonyl (C=O) groups is 1. The summed E-state index contributed by atoms with van der Waals surface area (Å²) in [5.41, 5.74) is 0. The minimum Gasteiger partial charge on any atom is -0.394 e. The second-order valence-corrected chi connectivity index (χ2v) is 2.57. The van der Waals surface area contributed by atoms with Crippen LogP contribution in [0.5, 0.6) is 0 Å². The van der Waals surface area contributed by atoms with Crippen LogP contribution in [0, 0.1) is 5.92 Å². The number of thiol groups is 1. The van der Waals surface area contributed by atoms with E-state index in [9.17, 15) is 4.79 Å². The molecular weight excluding hydrogens is 136 g/mol. The molecule has 0 bridgehead atoms. The lowest BCUT2D eigenvalue weighted by Gasteiger charge is -2.01. The highest BCUT2D eigenvalue weighted by Crippen LogP contribution is 2.25. The van der Waals surface area contributed by atoms with E-state index in [0.29, 0.717) is 0 Å². The van der Waals surface area contributed by atoms with Gasteiger partial charge in [0.05, 0.1) is 5.92 Å². The van der Waals surface area contributed by atoms with E-state index in [4.69, 9.17) is 0 Å². The van der Waals surface area contributed by atoms with E-state index >= 15 is 0 Å². The van der Waals surface area contributed by atoms with Gasteiger partial charge in [-0.05, 0) is 12.8 Å². The molecule has 2 nitrogen and oxygen atoms in total. The van der Waals surface area contributed by atoms with Crippen molar-refractivity contribution in [3.8, 4) is 0 Å². The zero-order chi connectivity index (χ0) is 6.69. The molecule has 0 unspecified atom stereocenters. The third-order valence-corrected chi connectivity index (χ3v) is 1.96. The fourth-order valence-electron chi connectivity index (χ4n) is 1.24. The molecule has 1 rings (SSSR count). The van der Waals surface area contributed by atoms with Gasteiger partial charge in [-0.3, -0.25) is 4.79 Å². The van der Waals surface area contributed by atoms with Gasteiger partial charge in [-0.15, -0.1) is 0 Å². The molecule has 0 heterocycles. The maximum Gasteiger partial charge on any atom is 0.320 e. The summed E-state index contributed by atoms with van der Waals surface area (Å²) in [4.78, 5) is 10.7. The molecule has 1 aliphatic carbocycles. The average molecular weight is 146 g/mol. The fraction of sp³-hybridized carbons (Fsp3) is 0.833. The maximum absolute atomic E-state index is 10.7. The largest absolute Gasteiger partial charge is 0.394 e. The van der Waals surface area contributed by atoms with Crippen LogP contribution >= 0.6 is 12.9 Å². The topological polar surface area (TPSA) is 26.3 Å². The van der Waals surface area contributed by atoms with Gasteiger partial charge in [-0.1, -0.05) is 12.8 Å². The predicted octanol–water partition coefficient (Wildman–Crippen LogP) is 1.56. The normalized spacial score (nSPS) is 20.1. The van der Waals surface area contributed by atoms with E-state index in [1.807, 2.05) is 0 Å². The van der Waals surface area contributed by atoms with Crippen LogP contribution in [-0.4, -0.2) is 5.97 Å². The SMILES string of the molecule is O=C(OS)C1CCCC1. The molecule has 0 aliphatic heterocycles. The molecule has 1 aliphatic rings. The lowest BCUT2D eigenvalue weighted by atomic mass is 10.1. The summed E-state index contributed by atoms with van der Waals surface area (Å²) < 4.78 is 4.29. The summed E-state index contributed by atoms with van der Waals surface area (Å²) in [6.07, 6.45) is 4.29. The van der Waals surface area contributed by atoms with E-state index in [-0.39, 0.29) is 11.9 Å². The Morgan fingerprint density at radius 3 is 2.44 bits per heavy atom. The Balaban J connectivity index is 2.32. The second-order valence-electron chi connectivity index (χ2n) is 2.39. The molecular formula is C6H10O2S. The van der Waals surface area contributed by atoms with Gasteiger partial charge in [0.15, 0.2) is 0 Å². The highest BCUT2D eigenvalue weighted by atomic mass is 32.1. The summed E-state index contributed by atoms with van der Waals surface area (Å²) in [6, 6.07) is 0. The Kier molecular flexibility index (Phi) is 2.39. The Morgan fingerprint density at radius 1 is 1.44 bits per heavy atom. The first-order valence-electron chi connectivity index (χ1n) is 3.20. The fourth-order valence-corrected chi connectivity index (χ4v) is 1.39. The van der Waals surface area contributed by atoms with Crippen LogP contribution in [0.25, 0.3) is 0 Å². The molecule has 0 spiro atoms. The molecule has 0 aromatic carbocycles. The van der Waals surface area contributed by atoms with Gasteiger partial charge in [-0.2, -0.15) is 0 Å². The molecule has 52 valence electrons. The zero-order valence-corrected chi connectivity index (χ0v) is 6.06. The lowest BCUT2D eigenvalue weighted by Crippen LogP contribution is -2.09. The first-order chi connectivity index (χ1) is 4.34. The molecule has 0 amide bonds. The molecule has 0 N–H and O–H groups in total. The van der Waals surface area contributed by atoms with E-state index in [2.05, 4.69) is 17.1 Å². The molecule has 0 radical (unpaired) electrons. The number of rotatable bonds is 1. The molecule has 0 atom stereocenters.